The molecule has 0 aliphatic heterocycles. The monoisotopic (exact) mass is 163 g/mol. The average molecular weight is 164 g/mol. The second kappa shape index (κ2) is 3.81. The molecule has 0 spiro atoms. The van der Waals surface area contributed by atoms with Gasteiger partial charge in [0.2, 0.25) is 6.41 Å². The number of amides is 1. The molecule has 0 aromatic heterocycles. The summed E-state index contributed by atoms with van der Waals surface area (Å²) in [5.41, 5.74) is 0.0443. The molecule has 0 aromatic carbocycles. The number of carbonyl (C=O) groups excluding carboxylic acids is 1. The zero-order chi connectivity index (χ0) is 8.20. The van der Waals surface area contributed by atoms with Gasteiger partial charge in [0.25, 0.3) is 0 Å². The van der Waals surface area contributed by atoms with Crippen molar-refractivity contribution in [3.63, 3.8) is 0 Å². The minimum Gasteiger partial charge on any atom is -0.354 e. The number of nitrogens with one attached hydrogen (secondary N) is 1. The van der Waals surface area contributed by atoms with E-state index < -0.39 is 0 Å². The van der Waals surface area contributed by atoms with E-state index in [2.05, 4.69) is 5.32 Å². The second-order valence-electron chi connectivity index (χ2n) is 3.36. The van der Waals surface area contributed by atoms with Crippen LogP contribution in [0.5, 0.6) is 0 Å². The van der Waals surface area contributed by atoms with Crippen LogP contribution in [0, 0.1) is 5.41 Å². The van der Waals surface area contributed by atoms with E-state index in [4.69, 9.17) is 11.6 Å². The smallest absolute Gasteiger partial charge is 0.207 e. The molecule has 0 saturated heterocycles. The van der Waals surface area contributed by atoms with Crippen LogP contribution in [0.2, 0.25) is 0 Å². The summed E-state index contributed by atoms with van der Waals surface area (Å²) in [5.74, 6) is 0.461. The summed E-state index contributed by atoms with van der Waals surface area (Å²) in [5, 5.41) is 2.66. The van der Waals surface area contributed by atoms with Crippen LogP contribution in [0.1, 0.15) is 20.8 Å². The third-order valence-corrected chi connectivity index (χ3v) is 1.78. The molecule has 1 N–H and O–H groups in total. The highest BCUT2D eigenvalue weighted by Gasteiger charge is 2.22. The molecule has 0 unspecified atom stereocenters. The molecule has 3 heteroatoms. The van der Waals surface area contributed by atoms with Gasteiger partial charge in [-0.05, 0) is 5.41 Å². The molecule has 0 heterocycles. The highest BCUT2D eigenvalue weighted by atomic mass is 35.5. The summed E-state index contributed by atoms with van der Waals surface area (Å²) in [6, 6.07) is 0.0617. The maximum atomic E-state index is 10.1. The van der Waals surface area contributed by atoms with Crippen molar-refractivity contribution in [1.29, 1.82) is 0 Å². The van der Waals surface area contributed by atoms with Gasteiger partial charge in [-0.25, -0.2) is 0 Å². The Morgan fingerprint density at radius 3 is 2.20 bits per heavy atom. The van der Waals surface area contributed by atoms with E-state index in [0.29, 0.717) is 12.3 Å². The molecule has 10 heavy (non-hydrogen) atoms. The predicted molar refractivity (Wildman–Crippen MR) is 43.2 cm³/mol. The fourth-order valence-electron chi connectivity index (χ4n) is 0.608. The predicted octanol–water partition coefficient (Wildman–Crippen LogP) is 1.39. The Kier molecular flexibility index (Phi) is 3.72. The summed E-state index contributed by atoms with van der Waals surface area (Å²) in [7, 11) is 0. The Bertz CT molecular complexity index is 109. The highest BCUT2D eigenvalue weighted by Crippen LogP contribution is 2.19. The minimum atomic E-state index is 0.0443. The fraction of sp³-hybridized carbons (Fsp3) is 0.857. The lowest BCUT2D eigenvalue weighted by Crippen LogP contribution is -2.40. The van der Waals surface area contributed by atoms with E-state index in [9.17, 15) is 4.79 Å². The van der Waals surface area contributed by atoms with Gasteiger partial charge in [0, 0.05) is 11.9 Å². The Morgan fingerprint density at radius 2 is 2.10 bits per heavy atom. The van der Waals surface area contributed by atoms with Crippen LogP contribution < -0.4 is 5.32 Å². The summed E-state index contributed by atoms with van der Waals surface area (Å²) in [4.78, 5) is 10.1. The molecule has 0 saturated carbocycles. The number of alkyl halides is 1. The fourth-order valence-corrected chi connectivity index (χ4v) is 1.16. The van der Waals surface area contributed by atoms with Crippen molar-refractivity contribution in [3.8, 4) is 0 Å². The lowest BCUT2D eigenvalue weighted by atomic mass is 9.88. The van der Waals surface area contributed by atoms with Crippen LogP contribution in [0.3, 0.4) is 0 Å². The summed E-state index contributed by atoms with van der Waals surface area (Å²) < 4.78 is 0. The maximum Gasteiger partial charge on any atom is 0.207 e. The van der Waals surface area contributed by atoms with Crippen molar-refractivity contribution in [2.24, 2.45) is 5.41 Å². The molecular weight excluding hydrogens is 150 g/mol. The van der Waals surface area contributed by atoms with Crippen molar-refractivity contribution >= 4 is 18.0 Å². The Balaban J connectivity index is 3.92. The van der Waals surface area contributed by atoms with Gasteiger partial charge < -0.3 is 5.32 Å². The normalized spacial score (nSPS) is 14.4. The van der Waals surface area contributed by atoms with Gasteiger partial charge in [0.1, 0.15) is 0 Å². The maximum absolute atomic E-state index is 10.1. The van der Waals surface area contributed by atoms with E-state index in [0.717, 1.165) is 0 Å². The van der Waals surface area contributed by atoms with Gasteiger partial charge in [0.15, 0.2) is 0 Å². The van der Waals surface area contributed by atoms with Crippen molar-refractivity contribution in [1.82, 2.24) is 5.32 Å². The highest BCUT2D eigenvalue weighted by molar-refractivity contribution is 6.18. The van der Waals surface area contributed by atoms with E-state index in [-0.39, 0.29) is 11.5 Å². The van der Waals surface area contributed by atoms with Crippen LogP contribution in [0.25, 0.3) is 0 Å². The van der Waals surface area contributed by atoms with Crippen LogP contribution in [-0.2, 0) is 4.79 Å². The van der Waals surface area contributed by atoms with Crippen LogP contribution >= 0.6 is 11.6 Å². The quantitative estimate of drug-likeness (QED) is 0.495. The van der Waals surface area contributed by atoms with Gasteiger partial charge in [-0.2, -0.15) is 0 Å². The van der Waals surface area contributed by atoms with Crippen LogP contribution in [0.4, 0.5) is 0 Å². The lowest BCUT2D eigenvalue weighted by Gasteiger charge is -2.27. The van der Waals surface area contributed by atoms with Gasteiger partial charge in [-0.3, -0.25) is 4.79 Å². The first-order valence-corrected chi connectivity index (χ1v) is 3.81. The molecule has 0 fully saturated rings. The molecule has 0 bridgehead atoms. The number of hydrogen-bond acceptors (Lipinski definition) is 1. The van der Waals surface area contributed by atoms with Crippen LogP contribution in [0.15, 0.2) is 0 Å². The van der Waals surface area contributed by atoms with Crippen molar-refractivity contribution in [3.05, 3.63) is 0 Å². The standard InChI is InChI=1S/C7H14ClNO/c1-7(2,3)6(4-8)9-5-10/h5-6H,4H2,1-3H3,(H,9,10)/t6-/m1/s1. The molecular formula is C7H14ClNO. The second-order valence-corrected chi connectivity index (χ2v) is 3.67. The Hall–Kier alpha value is -0.240. The van der Waals surface area contributed by atoms with E-state index in [1.807, 2.05) is 20.8 Å². The zero-order valence-electron chi connectivity index (χ0n) is 6.65. The molecule has 0 rings (SSSR count). The molecule has 0 aliphatic rings. The number of carbonyl (C=O) groups is 1. The summed E-state index contributed by atoms with van der Waals surface area (Å²) >= 11 is 5.61. The molecule has 0 aromatic rings. The third-order valence-electron chi connectivity index (χ3n) is 1.47. The van der Waals surface area contributed by atoms with Gasteiger partial charge in [-0.1, -0.05) is 20.8 Å². The SMILES string of the molecule is CC(C)(C)[C@@H](CCl)NC=O. The minimum absolute atomic E-state index is 0.0443. The first-order valence-electron chi connectivity index (χ1n) is 3.28. The summed E-state index contributed by atoms with van der Waals surface area (Å²) in [6.07, 6.45) is 0.693. The van der Waals surface area contributed by atoms with Crippen molar-refractivity contribution < 1.29 is 4.79 Å². The zero-order valence-corrected chi connectivity index (χ0v) is 7.40. The van der Waals surface area contributed by atoms with Crippen LogP contribution in [-0.4, -0.2) is 18.3 Å². The first kappa shape index (κ1) is 9.76. The third kappa shape index (κ3) is 3.06. The number of rotatable bonds is 3. The summed E-state index contributed by atoms with van der Waals surface area (Å²) in [6.45, 7) is 6.11. The molecule has 0 aliphatic carbocycles. The first-order chi connectivity index (χ1) is 4.52. The Morgan fingerprint density at radius 1 is 1.60 bits per heavy atom. The molecule has 1 amide bonds. The molecule has 0 radical (unpaired) electrons. The van der Waals surface area contributed by atoms with Gasteiger partial charge >= 0.3 is 0 Å². The molecule has 60 valence electrons. The van der Waals surface area contributed by atoms with Gasteiger partial charge in [0.05, 0.1) is 0 Å². The van der Waals surface area contributed by atoms with Crippen molar-refractivity contribution in [2.75, 3.05) is 5.88 Å². The van der Waals surface area contributed by atoms with E-state index >= 15 is 0 Å². The average Bonchev–Trinajstić information content (AvgIpc) is 1.80. The number of halogens is 1. The topological polar surface area (TPSA) is 29.1 Å². The van der Waals surface area contributed by atoms with E-state index in [1.54, 1.807) is 0 Å². The largest absolute Gasteiger partial charge is 0.354 e. The number of hydrogen-bond donors (Lipinski definition) is 1. The molecule has 2 nitrogen and oxygen atoms in total. The van der Waals surface area contributed by atoms with Gasteiger partial charge in [-0.15, -0.1) is 11.6 Å². The lowest BCUT2D eigenvalue weighted by molar-refractivity contribution is -0.110. The Labute approximate surface area is 66.9 Å². The van der Waals surface area contributed by atoms with Crippen molar-refractivity contribution in [2.45, 2.75) is 26.8 Å². The van der Waals surface area contributed by atoms with E-state index in [1.165, 1.54) is 0 Å². The molecule has 1 atom stereocenters.